The summed E-state index contributed by atoms with van der Waals surface area (Å²) in [7, 11) is 0. The van der Waals surface area contributed by atoms with Crippen molar-refractivity contribution in [3.8, 4) is 0 Å². The Hall–Kier alpha value is -4.36. The number of carbonyl (C=O) groups excluding carboxylic acids is 1. The number of hydrogen-bond acceptors (Lipinski definition) is 6. The number of aliphatic carboxylic acids is 1. The molecule has 2 aliphatic rings. The van der Waals surface area contributed by atoms with Crippen LogP contribution in [0.2, 0.25) is 0 Å². The second-order valence-electron chi connectivity index (χ2n) is 9.24. The number of alkyl halides is 3. The maximum atomic E-state index is 13.5. The van der Waals surface area contributed by atoms with E-state index in [-0.39, 0.29) is 17.9 Å². The van der Waals surface area contributed by atoms with Crippen LogP contribution in [0.3, 0.4) is 0 Å². The van der Waals surface area contributed by atoms with Crippen LogP contribution in [-0.2, 0) is 23.3 Å². The van der Waals surface area contributed by atoms with E-state index in [2.05, 4.69) is 10.1 Å². The highest BCUT2D eigenvalue weighted by molar-refractivity contribution is 5.94. The lowest BCUT2D eigenvalue weighted by Crippen LogP contribution is -2.48. The van der Waals surface area contributed by atoms with E-state index in [4.69, 9.17) is 9.90 Å². The van der Waals surface area contributed by atoms with Crippen LogP contribution in [0.4, 0.5) is 17.6 Å². The molecule has 0 bridgehead atoms. The highest BCUT2D eigenvalue weighted by Gasteiger charge is 2.45. The third-order valence-corrected chi connectivity index (χ3v) is 6.80. The summed E-state index contributed by atoms with van der Waals surface area (Å²) in [6.45, 7) is 1.58. The second kappa shape index (κ2) is 10.8. The van der Waals surface area contributed by atoms with Crippen LogP contribution >= 0.6 is 0 Å². The molecule has 1 spiro atoms. The molecule has 2 aromatic heterocycles. The van der Waals surface area contributed by atoms with E-state index in [0.717, 1.165) is 5.56 Å². The predicted molar refractivity (Wildman–Crippen MR) is 128 cm³/mol. The lowest BCUT2D eigenvalue weighted by Gasteiger charge is -2.38. The number of rotatable bonds is 3. The van der Waals surface area contributed by atoms with Gasteiger partial charge in [-0.3, -0.25) is 23.9 Å². The first-order valence-electron chi connectivity index (χ1n) is 11.9. The number of aromatic nitrogens is 4. The number of nitrogens with zero attached hydrogens (tertiary/aromatic N) is 5. The van der Waals surface area contributed by atoms with Gasteiger partial charge in [0.1, 0.15) is 11.6 Å². The normalized spacial score (nSPS) is 15.8. The number of carboxylic acid groups (broad SMARTS) is 1. The molecule has 1 fully saturated rings. The van der Waals surface area contributed by atoms with E-state index in [1.54, 1.807) is 29.4 Å². The van der Waals surface area contributed by atoms with Gasteiger partial charge in [-0.2, -0.15) is 18.3 Å². The van der Waals surface area contributed by atoms with Crippen molar-refractivity contribution < 1.29 is 32.3 Å². The van der Waals surface area contributed by atoms with Gasteiger partial charge in [0.25, 0.3) is 5.91 Å². The molecule has 4 heterocycles. The average molecular weight is 549 g/mol. The fourth-order valence-electron chi connectivity index (χ4n) is 4.76. The molecular weight excluding hydrogens is 526 g/mol. The van der Waals surface area contributed by atoms with Crippen LogP contribution in [0.25, 0.3) is 0 Å². The van der Waals surface area contributed by atoms with Crippen LogP contribution in [0.1, 0.15) is 41.0 Å². The van der Waals surface area contributed by atoms with Crippen molar-refractivity contribution in [1.82, 2.24) is 24.2 Å². The van der Waals surface area contributed by atoms with Gasteiger partial charge in [0.05, 0.1) is 6.54 Å². The van der Waals surface area contributed by atoms with Gasteiger partial charge in [-0.15, -0.1) is 0 Å². The Balaban J connectivity index is 0.000000448. The lowest BCUT2D eigenvalue weighted by atomic mass is 9.76. The van der Waals surface area contributed by atoms with Crippen LogP contribution in [-0.4, -0.2) is 60.5 Å². The number of halogens is 4. The maximum Gasteiger partial charge on any atom is 0.490 e. The second-order valence-corrected chi connectivity index (χ2v) is 9.24. The monoisotopic (exact) mass is 549 g/mol. The molecular formula is C25H23F4N5O5. The summed E-state index contributed by atoms with van der Waals surface area (Å²) in [5.41, 5.74) is -0.453. The molecule has 1 N–H and O–H groups in total. The van der Waals surface area contributed by atoms with Crippen molar-refractivity contribution in [2.24, 2.45) is 0 Å². The summed E-state index contributed by atoms with van der Waals surface area (Å²) in [6.07, 6.45) is 0.168. The minimum atomic E-state index is -5.08. The fraction of sp³-hybridized carbons (Fsp3) is 0.360. The first-order chi connectivity index (χ1) is 18.4. The number of likely N-dealkylation sites (tertiary alicyclic amines) is 1. The standard InChI is InChI=1S/C23H22FN5O3.C2HF3O2/c24-18-5-1-4-17(13-18)19(30)27-10-6-23(7-11-27)8-12-28-20(31)21(32)29(26-22(23)28)15-16-3-2-9-25-14-16;3-2(4,5)1(6)7/h1-5,9,13-14H,6-8,10-12,15H2;(H,6,7). The molecule has 10 nitrogen and oxygen atoms in total. The van der Waals surface area contributed by atoms with Gasteiger partial charge >= 0.3 is 23.3 Å². The van der Waals surface area contributed by atoms with Gasteiger partial charge in [0.2, 0.25) is 0 Å². The van der Waals surface area contributed by atoms with Gasteiger partial charge < -0.3 is 10.0 Å². The molecule has 206 valence electrons. The third kappa shape index (κ3) is 5.89. The van der Waals surface area contributed by atoms with E-state index in [1.807, 2.05) is 6.07 Å². The van der Waals surface area contributed by atoms with Crippen molar-refractivity contribution in [3.63, 3.8) is 0 Å². The number of carboxylic acids is 1. The van der Waals surface area contributed by atoms with Crippen molar-refractivity contribution in [3.05, 3.63) is 92.3 Å². The number of amides is 1. The number of hydrogen-bond donors (Lipinski definition) is 1. The molecule has 1 saturated heterocycles. The minimum absolute atomic E-state index is 0.177. The number of benzene rings is 1. The summed E-state index contributed by atoms with van der Waals surface area (Å²) < 4.78 is 48.0. The first kappa shape index (κ1) is 27.7. The Morgan fingerprint density at radius 2 is 1.67 bits per heavy atom. The van der Waals surface area contributed by atoms with E-state index in [9.17, 15) is 31.9 Å². The molecule has 1 aromatic carbocycles. The SMILES string of the molecule is O=C(O)C(F)(F)F.O=C(c1cccc(F)c1)N1CCC2(CC1)CCn1c2nn(Cc2cccnc2)c(=O)c1=O. The summed E-state index contributed by atoms with van der Waals surface area (Å²) in [5, 5.41) is 11.7. The quantitative estimate of drug-likeness (QED) is 0.392. The average Bonchev–Trinajstić information content (AvgIpc) is 3.25. The zero-order valence-corrected chi connectivity index (χ0v) is 20.4. The minimum Gasteiger partial charge on any atom is -0.475 e. The van der Waals surface area contributed by atoms with E-state index < -0.39 is 29.1 Å². The number of pyridine rings is 1. The zero-order valence-electron chi connectivity index (χ0n) is 20.4. The van der Waals surface area contributed by atoms with Gasteiger partial charge in [-0.25, -0.2) is 13.9 Å². The smallest absolute Gasteiger partial charge is 0.475 e. The lowest BCUT2D eigenvalue weighted by molar-refractivity contribution is -0.192. The highest BCUT2D eigenvalue weighted by Crippen LogP contribution is 2.41. The summed E-state index contributed by atoms with van der Waals surface area (Å²) in [6, 6.07) is 9.30. The molecule has 14 heteroatoms. The Kier molecular flexibility index (Phi) is 7.65. The molecule has 0 unspecified atom stereocenters. The zero-order chi connectivity index (χ0) is 28.4. The van der Waals surface area contributed by atoms with Crippen LogP contribution in [0.15, 0.2) is 58.4 Å². The number of carbonyl (C=O) groups is 2. The molecule has 0 saturated carbocycles. The van der Waals surface area contributed by atoms with Crippen molar-refractivity contribution in [1.29, 1.82) is 0 Å². The largest absolute Gasteiger partial charge is 0.490 e. The van der Waals surface area contributed by atoms with Gasteiger partial charge in [0, 0.05) is 43.0 Å². The molecule has 5 rings (SSSR count). The molecule has 0 radical (unpaired) electrons. The fourth-order valence-corrected chi connectivity index (χ4v) is 4.76. The highest BCUT2D eigenvalue weighted by atomic mass is 19.4. The van der Waals surface area contributed by atoms with E-state index >= 15 is 0 Å². The summed E-state index contributed by atoms with van der Waals surface area (Å²) >= 11 is 0. The van der Waals surface area contributed by atoms with E-state index in [1.165, 1.54) is 27.4 Å². The number of piperidine rings is 1. The summed E-state index contributed by atoms with van der Waals surface area (Å²) in [5.74, 6) is -2.79. The molecule has 3 aromatic rings. The van der Waals surface area contributed by atoms with E-state index in [0.29, 0.717) is 50.3 Å². The topological polar surface area (TPSA) is 127 Å². The van der Waals surface area contributed by atoms with Crippen molar-refractivity contribution >= 4 is 11.9 Å². The Labute approximate surface area is 218 Å². The molecule has 2 aliphatic heterocycles. The number of fused-ring (bicyclic) bond motifs is 2. The maximum absolute atomic E-state index is 13.5. The van der Waals surface area contributed by atoms with Crippen LogP contribution < -0.4 is 11.1 Å². The molecule has 1 amide bonds. The Bertz CT molecular complexity index is 1500. The molecule has 39 heavy (non-hydrogen) atoms. The van der Waals surface area contributed by atoms with Gasteiger partial charge in [-0.1, -0.05) is 12.1 Å². The van der Waals surface area contributed by atoms with Crippen LogP contribution in [0, 0.1) is 5.82 Å². The van der Waals surface area contributed by atoms with Crippen molar-refractivity contribution in [2.45, 2.75) is 43.9 Å². The van der Waals surface area contributed by atoms with Gasteiger partial charge in [-0.05, 0) is 49.1 Å². The molecule has 0 atom stereocenters. The van der Waals surface area contributed by atoms with Crippen molar-refractivity contribution in [2.75, 3.05) is 13.1 Å². The first-order valence-corrected chi connectivity index (χ1v) is 11.9. The Morgan fingerprint density at radius 3 is 2.26 bits per heavy atom. The Morgan fingerprint density at radius 1 is 1.00 bits per heavy atom. The van der Waals surface area contributed by atoms with Gasteiger partial charge in [0.15, 0.2) is 0 Å². The summed E-state index contributed by atoms with van der Waals surface area (Å²) in [4.78, 5) is 52.8. The van der Waals surface area contributed by atoms with Crippen LogP contribution in [0.5, 0.6) is 0 Å². The molecule has 0 aliphatic carbocycles. The predicted octanol–water partition coefficient (Wildman–Crippen LogP) is 2.20. The third-order valence-electron chi connectivity index (χ3n) is 6.80.